The van der Waals surface area contributed by atoms with Gasteiger partial charge in [0.2, 0.25) is 5.91 Å². The van der Waals surface area contributed by atoms with Crippen molar-refractivity contribution >= 4 is 5.91 Å². The fourth-order valence-corrected chi connectivity index (χ4v) is 2.49. The lowest BCUT2D eigenvalue weighted by Crippen LogP contribution is -2.46. The van der Waals surface area contributed by atoms with Gasteiger partial charge in [-0.3, -0.25) is 9.69 Å². The predicted octanol–water partition coefficient (Wildman–Crippen LogP) is 1.10. The Kier molecular flexibility index (Phi) is 5.01. The zero-order chi connectivity index (χ0) is 13.0. The molecular weight excluding hydrogens is 226 g/mol. The number of rotatable bonds is 9. The molecule has 2 aliphatic rings. The monoisotopic (exact) mass is 253 g/mol. The van der Waals surface area contributed by atoms with Crippen molar-refractivity contribution < 1.29 is 4.79 Å². The third-order valence-electron chi connectivity index (χ3n) is 3.92. The molecule has 0 aliphatic heterocycles. The Hall–Kier alpha value is -0.610. The molecule has 0 aromatic carbocycles. The van der Waals surface area contributed by atoms with Crippen molar-refractivity contribution in [2.75, 3.05) is 19.6 Å². The minimum absolute atomic E-state index is 0.161. The van der Waals surface area contributed by atoms with Gasteiger partial charge in [-0.2, -0.15) is 0 Å². The average molecular weight is 253 g/mol. The number of hydrogen-bond donors (Lipinski definition) is 2. The van der Waals surface area contributed by atoms with Crippen LogP contribution in [0.4, 0.5) is 0 Å². The van der Waals surface area contributed by atoms with Gasteiger partial charge in [0.15, 0.2) is 0 Å². The first-order chi connectivity index (χ1) is 8.74. The minimum Gasteiger partial charge on any atom is -0.356 e. The van der Waals surface area contributed by atoms with Gasteiger partial charge in [0.1, 0.15) is 0 Å². The summed E-state index contributed by atoms with van der Waals surface area (Å²) in [5, 5.41) is 2.96. The maximum Gasteiger partial charge on any atom is 0.221 e. The summed E-state index contributed by atoms with van der Waals surface area (Å²) >= 11 is 0. The first kappa shape index (κ1) is 13.8. The summed E-state index contributed by atoms with van der Waals surface area (Å²) < 4.78 is 0. The van der Waals surface area contributed by atoms with E-state index in [1.165, 1.54) is 25.7 Å². The number of amides is 1. The summed E-state index contributed by atoms with van der Waals surface area (Å²) in [6.45, 7) is 4.61. The smallest absolute Gasteiger partial charge is 0.221 e. The Morgan fingerprint density at radius 3 is 2.61 bits per heavy atom. The number of nitrogens with zero attached hydrogens (tertiary/aromatic N) is 1. The zero-order valence-corrected chi connectivity index (χ0v) is 11.5. The topological polar surface area (TPSA) is 58.4 Å². The molecule has 0 bridgehead atoms. The Balaban J connectivity index is 1.81. The summed E-state index contributed by atoms with van der Waals surface area (Å²) in [6, 6.07) is 0.952. The lowest BCUT2D eigenvalue weighted by atomic mass is 10.1. The second-order valence-electron chi connectivity index (χ2n) is 5.81. The SMILES string of the molecule is CCCNC(=O)CC(CN)N(CC1CC1)C1CC1. The van der Waals surface area contributed by atoms with Gasteiger partial charge in [0.05, 0.1) is 0 Å². The van der Waals surface area contributed by atoms with Crippen LogP contribution in [0.25, 0.3) is 0 Å². The molecule has 0 radical (unpaired) electrons. The lowest BCUT2D eigenvalue weighted by molar-refractivity contribution is -0.122. The number of hydrogen-bond acceptors (Lipinski definition) is 3. The summed E-state index contributed by atoms with van der Waals surface area (Å²) in [5.74, 6) is 1.03. The Morgan fingerprint density at radius 2 is 2.11 bits per heavy atom. The maximum absolute atomic E-state index is 11.8. The molecule has 2 saturated carbocycles. The van der Waals surface area contributed by atoms with E-state index in [2.05, 4.69) is 17.1 Å². The van der Waals surface area contributed by atoms with E-state index in [0.29, 0.717) is 19.0 Å². The van der Waals surface area contributed by atoms with Gasteiger partial charge in [-0.15, -0.1) is 0 Å². The number of nitrogens with two attached hydrogens (primary N) is 1. The van der Waals surface area contributed by atoms with Crippen molar-refractivity contribution in [3.63, 3.8) is 0 Å². The average Bonchev–Trinajstić information content (AvgIpc) is 3.23. The van der Waals surface area contributed by atoms with Crippen LogP contribution in [-0.2, 0) is 4.79 Å². The zero-order valence-electron chi connectivity index (χ0n) is 11.5. The molecule has 0 spiro atoms. The molecule has 0 saturated heterocycles. The Bertz CT molecular complexity index is 274. The molecule has 104 valence electrons. The molecule has 2 rings (SSSR count). The van der Waals surface area contributed by atoms with Crippen LogP contribution in [0.3, 0.4) is 0 Å². The van der Waals surface area contributed by atoms with Crippen LogP contribution in [0, 0.1) is 5.92 Å². The third kappa shape index (κ3) is 4.25. The normalized spacial score (nSPS) is 21.1. The predicted molar refractivity (Wildman–Crippen MR) is 73.2 cm³/mol. The van der Waals surface area contributed by atoms with Gasteiger partial charge in [0.25, 0.3) is 0 Å². The van der Waals surface area contributed by atoms with Crippen molar-refractivity contribution in [2.24, 2.45) is 11.7 Å². The van der Waals surface area contributed by atoms with Crippen molar-refractivity contribution in [2.45, 2.75) is 57.5 Å². The fourth-order valence-electron chi connectivity index (χ4n) is 2.49. The molecule has 1 unspecified atom stereocenters. The van der Waals surface area contributed by atoms with Crippen LogP contribution in [0.2, 0.25) is 0 Å². The summed E-state index contributed by atoms with van der Waals surface area (Å²) in [5.41, 5.74) is 5.89. The lowest BCUT2D eigenvalue weighted by Gasteiger charge is -2.30. The Morgan fingerprint density at radius 1 is 1.39 bits per heavy atom. The molecule has 2 fully saturated rings. The second-order valence-corrected chi connectivity index (χ2v) is 5.81. The molecule has 0 aromatic heterocycles. The van der Waals surface area contributed by atoms with Crippen LogP contribution < -0.4 is 11.1 Å². The molecule has 1 amide bonds. The standard InChI is InChI=1S/C14H27N3O/c1-2-7-16-14(18)8-13(9-15)17(12-5-6-12)10-11-3-4-11/h11-13H,2-10,15H2,1H3,(H,16,18). The first-order valence-corrected chi connectivity index (χ1v) is 7.47. The largest absolute Gasteiger partial charge is 0.356 e. The third-order valence-corrected chi connectivity index (χ3v) is 3.92. The van der Waals surface area contributed by atoms with Gasteiger partial charge in [-0.25, -0.2) is 0 Å². The van der Waals surface area contributed by atoms with Crippen molar-refractivity contribution in [1.29, 1.82) is 0 Å². The van der Waals surface area contributed by atoms with E-state index in [0.717, 1.165) is 25.4 Å². The Labute approximate surface area is 110 Å². The van der Waals surface area contributed by atoms with Gasteiger partial charge >= 0.3 is 0 Å². The van der Waals surface area contributed by atoms with Crippen molar-refractivity contribution in [3.05, 3.63) is 0 Å². The van der Waals surface area contributed by atoms with E-state index in [1.54, 1.807) is 0 Å². The minimum atomic E-state index is 0.161. The van der Waals surface area contributed by atoms with E-state index in [9.17, 15) is 4.79 Å². The molecule has 1 atom stereocenters. The summed E-state index contributed by atoms with van der Waals surface area (Å²) in [4.78, 5) is 14.3. The van der Waals surface area contributed by atoms with E-state index >= 15 is 0 Å². The summed E-state index contributed by atoms with van der Waals surface area (Å²) in [6.07, 6.45) is 6.87. The van der Waals surface area contributed by atoms with Gasteiger partial charge < -0.3 is 11.1 Å². The fraction of sp³-hybridized carbons (Fsp3) is 0.929. The molecular formula is C14H27N3O. The van der Waals surface area contributed by atoms with Gasteiger partial charge in [0, 0.05) is 38.1 Å². The number of nitrogens with one attached hydrogen (secondary N) is 1. The van der Waals surface area contributed by atoms with E-state index in [-0.39, 0.29) is 11.9 Å². The van der Waals surface area contributed by atoms with Crippen molar-refractivity contribution in [3.8, 4) is 0 Å². The highest BCUT2D eigenvalue weighted by molar-refractivity contribution is 5.76. The molecule has 2 aliphatic carbocycles. The van der Waals surface area contributed by atoms with Crippen LogP contribution in [0.5, 0.6) is 0 Å². The molecule has 0 heterocycles. The van der Waals surface area contributed by atoms with Gasteiger partial charge in [-0.1, -0.05) is 6.92 Å². The molecule has 3 N–H and O–H groups in total. The molecule has 4 heteroatoms. The van der Waals surface area contributed by atoms with Crippen LogP contribution in [0.15, 0.2) is 0 Å². The van der Waals surface area contributed by atoms with Crippen molar-refractivity contribution in [1.82, 2.24) is 10.2 Å². The second kappa shape index (κ2) is 6.53. The number of carbonyl (C=O) groups is 1. The molecule has 0 aromatic rings. The highest BCUT2D eigenvalue weighted by Gasteiger charge is 2.37. The molecule has 18 heavy (non-hydrogen) atoms. The first-order valence-electron chi connectivity index (χ1n) is 7.47. The molecule has 4 nitrogen and oxygen atoms in total. The van der Waals surface area contributed by atoms with Gasteiger partial charge in [-0.05, 0) is 38.0 Å². The number of carbonyl (C=O) groups excluding carboxylic acids is 1. The summed E-state index contributed by atoms with van der Waals surface area (Å²) in [7, 11) is 0. The van der Waals surface area contributed by atoms with E-state index < -0.39 is 0 Å². The maximum atomic E-state index is 11.8. The van der Waals surface area contributed by atoms with E-state index in [4.69, 9.17) is 5.73 Å². The van der Waals surface area contributed by atoms with Crippen LogP contribution in [0.1, 0.15) is 45.4 Å². The van der Waals surface area contributed by atoms with Crippen LogP contribution in [-0.4, -0.2) is 42.5 Å². The highest BCUT2D eigenvalue weighted by Crippen LogP contribution is 2.36. The quantitative estimate of drug-likeness (QED) is 0.647. The highest BCUT2D eigenvalue weighted by atomic mass is 16.1. The van der Waals surface area contributed by atoms with E-state index in [1.807, 2.05) is 0 Å². The van der Waals surface area contributed by atoms with Crippen LogP contribution >= 0.6 is 0 Å².